The van der Waals surface area contributed by atoms with Gasteiger partial charge in [-0.3, -0.25) is 29.9 Å². The van der Waals surface area contributed by atoms with Crippen molar-refractivity contribution in [1.29, 1.82) is 0 Å². The summed E-state index contributed by atoms with van der Waals surface area (Å²) in [4.78, 5) is 40.2. The number of amides is 1. The van der Waals surface area contributed by atoms with Gasteiger partial charge in [0.1, 0.15) is 0 Å². The monoisotopic (exact) mass is 428 g/mol. The van der Waals surface area contributed by atoms with Gasteiger partial charge in [0.15, 0.2) is 5.13 Å². The first-order valence-corrected chi connectivity index (χ1v) is 9.97. The predicted molar refractivity (Wildman–Crippen MR) is 110 cm³/mol. The van der Waals surface area contributed by atoms with E-state index in [4.69, 9.17) is 4.74 Å². The first-order valence-electron chi connectivity index (χ1n) is 9.15. The molecular weight excluding hydrogens is 412 g/mol. The standard InChI is InChI=1S/C19H16N4O6S/c24-18(12-8-13(22(25)26)10-14(9-12)23(27)28)21(11-15-4-3-7-29-15)19-20-16-5-1-2-6-17(16)30-19/h1-2,5-6,8-10,15H,3-4,7,11H2. The predicted octanol–water partition coefficient (Wildman–Crippen LogP) is 3.94. The molecule has 11 heteroatoms. The molecule has 1 aliphatic heterocycles. The highest BCUT2D eigenvalue weighted by Crippen LogP contribution is 2.32. The Hall–Kier alpha value is -3.44. The number of para-hydroxylation sites is 1. The molecule has 0 aliphatic carbocycles. The number of hydrogen-bond donors (Lipinski definition) is 0. The van der Waals surface area contributed by atoms with Crippen molar-refractivity contribution in [3.63, 3.8) is 0 Å². The second-order valence-corrected chi connectivity index (χ2v) is 7.78. The van der Waals surface area contributed by atoms with Crippen LogP contribution >= 0.6 is 11.3 Å². The lowest BCUT2D eigenvalue weighted by molar-refractivity contribution is -0.394. The van der Waals surface area contributed by atoms with Gasteiger partial charge in [-0.05, 0) is 25.0 Å². The molecule has 1 unspecified atom stereocenters. The molecule has 3 aromatic rings. The van der Waals surface area contributed by atoms with Gasteiger partial charge in [-0.15, -0.1) is 0 Å². The average molecular weight is 428 g/mol. The Morgan fingerprint density at radius 1 is 1.17 bits per heavy atom. The molecule has 0 spiro atoms. The Bertz CT molecular complexity index is 1080. The van der Waals surface area contributed by atoms with Crippen LogP contribution in [-0.2, 0) is 4.74 Å². The molecule has 10 nitrogen and oxygen atoms in total. The number of non-ortho nitro benzene ring substituents is 2. The summed E-state index contributed by atoms with van der Waals surface area (Å²) in [7, 11) is 0. The molecule has 0 bridgehead atoms. The summed E-state index contributed by atoms with van der Waals surface area (Å²) >= 11 is 1.30. The number of fused-ring (bicyclic) bond motifs is 1. The third kappa shape index (κ3) is 3.98. The zero-order chi connectivity index (χ0) is 21.3. The number of carbonyl (C=O) groups excluding carboxylic acids is 1. The summed E-state index contributed by atoms with van der Waals surface area (Å²) in [6.45, 7) is 0.796. The van der Waals surface area contributed by atoms with Gasteiger partial charge in [0.2, 0.25) is 0 Å². The van der Waals surface area contributed by atoms with Crippen molar-refractivity contribution in [3.05, 3.63) is 68.3 Å². The van der Waals surface area contributed by atoms with E-state index in [2.05, 4.69) is 4.98 Å². The smallest absolute Gasteiger partial charge is 0.277 e. The van der Waals surface area contributed by atoms with Crippen LogP contribution in [0.5, 0.6) is 0 Å². The van der Waals surface area contributed by atoms with Crippen LogP contribution in [0.25, 0.3) is 10.2 Å². The summed E-state index contributed by atoms with van der Waals surface area (Å²) in [6.07, 6.45) is 1.44. The van der Waals surface area contributed by atoms with Gasteiger partial charge < -0.3 is 4.74 Å². The van der Waals surface area contributed by atoms with Crippen molar-refractivity contribution in [2.45, 2.75) is 18.9 Å². The first-order chi connectivity index (χ1) is 14.4. The van der Waals surface area contributed by atoms with E-state index >= 15 is 0 Å². The summed E-state index contributed by atoms with van der Waals surface area (Å²) in [5.74, 6) is -0.601. The van der Waals surface area contributed by atoms with E-state index in [1.54, 1.807) is 0 Å². The normalized spacial score (nSPS) is 15.9. The first kappa shape index (κ1) is 19.9. The minimum Gasteiger partial charge on any atom is -0.376 e. The maximum absolute atomic E-state index is 13.4. The lowest BCUT2D eigenvalue weighted by Crippen LogP contribution is -2.37. The van der Waals surface area contributed by atoms with Gasteiger partial charge in [0, 0.05) is 18.7 Å². The lowest BCUT2D eigenvalue weighted by atomic mass is 10.1. The summed E-state index contributed by atoms with van der Waals surface area (Å²) < 4.78 is 6.53. The number of benzene rings is 2. The molecule has 0 radical (unpaired) electrons. The van der Waals surface area contributed by atoms with Crippen molar-refractivity contribution in [2.75, 3.05) is 18.1 Å². The van der Waals surface area contributed by atoms with Crippen molar-refractivity contribution in [2.24, 2.45) is 0 Å². The number of anilines is 1. The molecule has 0 saturated carbocycles. The highest BCUT2D eigenvalue weighted by Gasteiger charge is 2.29. The Labute approximate surface area is 174 Å². The lowest BCUT2D eigenvalue weighted by Gasteiger charge is -2.23. The third-order valence-electron chi connectivity index (χ3n) is 4.74. The van der Waals surface area contributed by atoms with Gasteiger partial charge >= 0.3 is 0 Å². The Morgan fingerprint density at radius 2 is 1.87 bits per heavy atom. The van der Waals surface area contributed by atoms with Crippen LogP contribution in [0.3, 0.4) is 0 Å². The quantitative estimate of drug-likeness (QED) is 0.429. The molecule has 1 fully saturated rings. The fourth-order valence-electron chi connectivity index (χ4n) is 3.30. The number of nitro groups is 2. The Balaban J connectivity index is 1.77. The molecule has 1 aliphatic rings. The number of nitro benzene ring substituents is 2. The van der Waals surface area contributed by atoms with Gasteiger partial charge in [0.05, 0.1) is 44.3 Å². The van der Waals surface area contributed by atoms with Crippen molar-refractivity contribution >= 4 is 44.0 Å². The number of ether oxygens (including phenoxy) is 1. The van der Waals surface area contributed by atoms with E-state index in [9.17, 15) is 25.0 Å². The minimum absolute atomic E-state index is 0.145. The number of rotatable bonds is 6. The largest absolute Gasteiger partial charge is 0.376 e. The second kappa shape index (κ2) is 8.13. The number of carbonyl (C=O) groups is 1. The molecule has 1 amide bonds. The summed E-state index contributed by atoms with van der Waals surface area (Å²) in [5.41, 5.74) is -0.469. The zero-order valence-corrected chi connectivity index (χ0v) is 16.4. The second-order valence-electron chi connectivity index (χ2n) is 6.77. The molecule has 4 rings (SSSR count). The Morgan fingerprint density at radius 3 is 2.47 bits per heavy atom. The zero-order valence-electron chi connectivity index (χ0n) is 15.6. The van der Waals surface area contributed by atoms with E-state index in [1.165, 1.54) is 16.2 Å². The van der Waals surface area contributed by atoms with Gasteiger partial charge in [-0.1, -0.05) is 23.5 Å². The fourth-order valence-corrected chi connectivity index (χ4v) is 4.27. The molecule has 2 aromatic carbocycles. The maximum atomic E-state index is 13.4. The summed E-state index contributed by atoms with van der Waals surface area (Å²) in [6, 6.07) is 10.3. The van der Waals surface area contributed by atoms with E-state index in [0.717, 1.165) is 35.7 Å². The Kier molecular flexibility index (Phi) is 5.38. The van der Waals surface area contributed by atoms with Crippen LogP contribution in [0.1, 0.15) is 23.2 Å². The van der Waals surface area contributed by atoms with Gasteiger partial charge in [-0.25, -0.2) is 4.98 Å². The molecule has 2 heterocycles. The van der Waals surface area contributed by atoms with Crippen LogP contribution in [0.15, 0.2) is 42.5 Å². The molecule has 1 atom stereocenters. The van der Waals surface area contributed by atoms with Gasteiger partial charge in [-0.2, -0.15) is 0 Å². The minimum atomic E-state index is -0.758. The van der Waals surface area contributed by atoms with Crippen LogP contribution in [-0.4, -0.2) is 40.0 Å². The van der Waals surface area contributed by atoms with Crippen molar-refractivity contribution in [3.8, 4) is 0 Å². The molecule has 0 N–H and O–H groups in total. The molecule has 1 saturated heterocycles. The van der Waals surface area contributed by atoms with E-state index in [-0.39, 0.29) is 18.2 Å². The number of hydrogen-bond acceptors (Lipinski definition) is 8. The number of thiazole rings is 1. The van der Waals surface area contributed by atoms with Crippen LogP contribution in [0.2, 0.25) is 0 Å². The van der Waals surface area contributed by atoms with Crippen LogP contribution < -0.4 is 4.90 Å². The topological polar surface area (TPSA) is 129 Å². The summed E-state index contributed by atoms with van der Waals surface area (Å²) in [5, 5.41) is 22.8. The van der Waals surface area contributed by atoms with Crippen molar-refractivity contribution < 1.29 is 19.4 Å². The molecule has 1 aromatic heterocycles. The highest BCUT2D eigenvalue weighted by molar-refractivity contribution is 7.22. The van der Waals surface area contributed by atoms with E-state index < -0.39 is 27.1 Å². The maximum Gasteiger partial charge on any atom is 0.277 e. The average Bonchev–Trinajstić information content (AvgIpc) is 3.40. The number of nitrogens with zero attached hydrogens (tertiary/aromatic N) is 4. The fraction of sp³-hybridized carbons (Fsp3) is 0.263. The van der Waals surface area contributed by atoms with Crippen LogP contribution in [0, 0.1) is 20.2 Å². The van der Waals surface area contributed by atoms with Gasteiger partial charge in [0.25, 0.3) is 17.3 Å². The van der Waals surface area contributed by atoms with Crippen molar-refractivity contribution in [1.82, 2.24) is 4.98 Å². The molecular formula is C19H16N4O6S. The van der Waals surface area contributed by atoms with Crippen LogP contribution in [0.4, 0.5) is 16.5 Å². The highest BCUT2D eigenvalue weighted by atomic mass is 32.1. The molecule has 154 valence electrons. The third-order valence-corrected chi connectivity index (χ3v) is 5.80. The van der Waals surface area contributed by atoms with E-state index in [0.29, 0.717) is 17.3 Å². The molecule has 30 heavy (non-hydrogen) atoms. The van der Waals surface area contributed by atoms with E-state index in [1.807, 2.05) is 24.3 Å². The number of aromatic nitrogens is 1. The SMILES string of the molecule is O=C(c1cc([N+](=O)[O-])cc([N+](=O)[O-])c1)N(CC1CCCO1)c1nc2ccccc2s1.